The quantitative estimate of drug-likeness (QED) is 0.612. The first kappa shape index (κ1) is 20.9. The second-order valence-corrected chi connectivity index (χ2v) is 7.72. The minimum Gasteiger partial charge on any atom is -0.497 e. The van der Waals surface area contributed by atoms with E-state index in [4.69, 9.17) is 16.3 Å². The number of piperazine rings is 1. The first-order valence-corrected chi connectivity index (χ1v) is 10.4. The third-order valence-electron chi connectivity index (χ3n) is 5.36. The van der Waals surface area contributed by atoms with Crippen molar-refractivity contribution in [3.05, 3.63) is 76.0 Å². The third-order valence-corrected chi connectivity index (χ3v) is 5.61. The molecule has 7 nitrogen and oxygen atoms in total. The van der Waals surface area contributed by atoms with Crippen molar-refractivity contribution in [2.45, 2.75) is 6.54 Å². The largest absolute Gasteiger partial charge is 0.497 e. The number of carbonyl (C=O) groups is 1. The lowest BCUT2D eigenvalue weighted by atomic mass is 10.1. The Morgan fingerprint density at radius 2 is 1.65 bits per heavy atom. The van der Waals surface area contributed by atoms with Crippen LogP contribution in [0.15, 0.2) is 65.5 Å². The number of rotatable bonds is 5. The lowest BCUT2D eigenvalue weighted by molar-refractivity contribution is -0.132. The molecule has 8 heteroatoms. The SMILES string of the molecule is COc1ccc(N2CCN(C(=O)Cn3nc(-c4ccc(Cl)cc4)ccc3=O)CC2)cc1. The lowest BCUT2D eigenvalue weighted by Crippen LogP contribution is -2.50. The fourth-order valence-corrected chi connectivity index (χ4v) is 3.70. The standard InChI is InChI=1S/C23H23ClN4O3/c1-31-20-8-6-19(7-9-20)26-12-14-27(15-13-26)23(30)16-28-22(29)11-10-21(25-28)17-2-4-18(24)5-3-17/h2-11H,12-16H2,1H3. The third kappa shape index (κ3) is 4.88. The molecule has 1 amide bonds. The van der Waals surface area contributed by atoms with Crippen molar-refractivity contribution in [1.29, 1.82) is 0 Å². The minimum atomic E-state index is -0.303. The van der Waals surface area contributed by atoms with Crippen molar-refractivity contribution in [1.82, 2.24) is 14.7 Å². The summed E-state index contributed by atoms with van der Waals surface area (Å²) in [4.78, 5) is 29.1. The minimum absolute atomic E-state index is 0.0806. The zero-order valence-electron chi connectivity index (χ0n) is 17.2. The van der Waals surface area contributed by atoms with Gasteiger partial charge in [0, 0.05) is 48.5 Å². The number of hydrogen-bond acceptors (Lipinski definition) is 5. The molecule has 1 aliphatic heterocycles. The van der Waals surface area contributed by atoms with E-state index < -0.39 is 0 Å². The molecule has 31 heavy (non-hydrogen) atoms. The van der Waals surface area contributed by atoms with Gasteiger partial charge in [-0.2, -0.15) is 5.10 Å². The Morgan fingerprint density at radius 1 is 0.968 bits per heavy atom. The summed E-state index contributed by atoms with van der Waals surface area (Å²) in [5.74, 6) is 0.702. The number of amides is 1. The predicted octanol–water partition coefficient (Wildman–Crippen LogP) is 2.92. The lowest BCUT2D eigenvalue weighted by Gasteiger charge is -2.36. The molecule has 1 fully saturated rings. The number of anilines is 1. The molecular weight excluding hydrogens is 416 g/mol. The topological polar surface area (TPSA) is 67.7 Å². The van der Waals surface area contributed by atoms with Crippen LogP contribution in [0.2, 0.25) is 5.02 Å². The van der Waals surface area contributed by atoms with Crippen LogP contribution in [-0.2, 0) is 11.3 Å². The molecule has 0 atom stereocenters. The van der Waals surface area contributed by atoms with E-state index >= 15 is 0 Å². The molecule has 0 saturated carbocycles. The molecule has 1 saturated heterocycles. The Morgan fingerprint density at radius 3 is 2.29 bits per heavy atom. The number of benzene rings is 2. The van der Waals surface area contributed by atoms with Crippen molar-refractivity contribution >= 4 is 23.2 Å². The van der Waals surface area contributed by atoms with E-state index in [0.717, 1.165) is 30.1 Å². The fraction of sp³-hybridized carbons (Fsp3) is 0.261. The van der Waals surface area contributed by atoms with Crippen LogP contribution in [0.3, 0.4) is 0 Å². The van der Waals surface area contributed by atoms with Gasteiger partial charge in [-0.1, -0.05) is 23.7 Å². The van der Waals surface area contributed by atoms with Gasteiger partial charge in [-0.25, -0.2) is 4.68 Å². The summed E-state index contributed by atoms with van der Waals surface area (Å²) in [6, 6.07) is 18.2. The Bertz CT molecular complexity index is 1100. The Balaban J connectivity index is 1.40. The van der Waals surface area contributed by atoms with Crippen LogP contribution in [0, 0.1) is 0 Å². The normalized spacial score (nSPS) is 13.9. The predicted molar refractivity (Wildman–Crippen MR) is 121 cm³/mol. The molecular formula is C23H23ClN4O3. The van der Waals surface area contributed by atoms with E-state index in [1.165, 1.54) is 10.7 Å². The van der Waals surface area contributed by atoms with Gasteiger partial charge >= 0.3 is 0 Å². The highest BCUT2D eigenvalue weighted by molar-refractivity contribution is 6.30. The van der Waals surface area contributed by atoms with E-state index in [-0.39, 0.29) is 18.0 Å². The highest BCUT2D eigenvalue weighted by atomic mass is 35.5. The van der Waals surface area contributed by atoms with Crippen LogP contribution in [0.1, 0.15) is 0 Å². The Kier molecular flexibility index (Phi) is 6.23. The number of halogens is 1. The highest BCUT2D eigenvalue weighted by Gasteiger charge is 2.22. The molecule has 0 unspecified atom stereocenters. The maximum absolute atomic E-state index is 12.8. The maximum atomic E-state index is 12.8. The molecule has 0 aliphatic carbocycles. The van der Waals surface area contributed by atoms with Crippen molar-refractivity contribution in [2.24, 2.45) is 0 Å². The van der Waals surface area contributed by atoms with Crippen LogP contribution in [-0.4, -0.2) is 53.9 Å². The highest BCUT2D eigenvalue weighted by Crippen LogP contribution is 2.21. The van der Waals surface area contributed by atoms with E-state index in [9.17, 15) is 9.59 Å². The van der Waals surface area contributed by atoms with Gasteiger partial charge in [-0.3, -0.25) is 9.59 Å². The summed E-state index contributed by atoms with van der Waals surface area (Å²) in [6.07, 6.45) is 0. The molecule has 3 aromatic rings. The Hall–Kier alpha value is -3.32. The summed E-state index contributed by atoms with van der Waals surface area (Å²) in [5.41, 5.74) is 2.25. The van der Waals surface area contributed by atoms with E-state index in [1.54, 1.807) is 30.2 Å². The second-order valence-electron chi connectivity index (χ2n) is 7.29. The van der Waals surface area contributed by atoms with Gasteiger partial charge in [0.05, 0.1) is 12.8 Å². The average Bonchev–Trinajstić information content (AvgIpc) is 2.81. The Labute approximate surface area is 185 Å². The van der Waals surface area contributed by atoms with Crippen LogP contribution in [0.25, 0.3) is 11.3 Å². The average molecular weight is 439 g/mol. The number of carbonyl (C=O) groups excluding carboxylic acids is 1. The summed E-state index contributed by atoms with van der Waals surface area (Å²) in [5, 5.41) is 5.00. The van der Waals surface area contributed by atoms with E-state index in [1.807, 2.05) is 36.4 Å². The first-order chi connectivity index (χ1) is 15.0. The van der Waals surface area contributed by atoms with Crippen LogP contribution in [0.5, 0.6) is 5.75 Å². The molecule has 2 heterocycles. The van der Waals surface area contributed by atoms with Gasteiger partial charge in [-0.15, -0.1) is 0 Å². The summed E-state index contributed by atoms with van der Waals surface area (Å²) < 4.78 is 6.43. The van der Waals surface area contributed by atoms with Gasteiger partial charge in [0.15, 0.2) is 0 Å². The molecule has 160 valence electrons. The van der Waals surface area contributed by atoms with Crippen LogP contribution < -0.4 is 15.2 Å². The monoisotopic (exact) mass is 438 g/mol. The van der Waals surface area contributed by atoms with Gasteiger partial charge < -0.3 is 14.5 Å². The molecule has 4 rings (SSSR count). The summed E-state index contributed by atoms with van der Waals surface area (Å²) >= 11 is 5.94. The van der Waals surface area contributed by atoms with Crippen LogP contribution in [0.4, 0.5) is 5.69 Å². The van der Waals surface area contributed by atoms with Crippen LogP contribution >= 0.6 is 11.6 Å². The van der Waals surface area contributed by atoms with Gasteiger partial charge in [0.1, 0.15) is 12.3 Å². The zero-order chi connectivity index (χ0) is 21.8. The number of ether oxygens (including phenoxy) is 1. The van der Waals surface area contributed by atoms with E-state index in [0.29, 0.717) is 23.8 Å². The van der Waals surface area contributed by atoms with Crippen molar-refractivity contribution in [3.8, 4) is 17.0 Å². The number of aromatic nitrogens is 2. The van der Waals surface area contributed by atoms with Crippen molar-refractivity contribution in [3.63, 3.8) is 0 Å². The summed E-state index contributed by atoms with van der Waals surface area (Å²) in [6.45, 7) is 2.56. The van der Waals surface area contributed by atoms with Gasteiger partial charge in [-0.05, 0) is 42.5 Å². The zero-order valence-corrected chi connectivity index (χ0v) is 18.0. The first-order valence-electron chi connectivity index (χ1n) is 10.0. The molecule has 0 radical (unpaired) electrons. The number of methoxy groups -OCH3 is 1. The smallest absolute Gasteiger partial charge is 0.267 e. The van der Waals surface area contributed by atoms with Crippen molar-refractivity contribution < 1.29 is 9.53 Å². The molecule has 0 bridgehead atoms. The molecule has 0 spiro atoms. The fourth-order valence-electron chi connectivity index (χ4n) is 3.57. The van der Waals surface area contributed by atoms with Gasteiger partial charge in [0.25, 0.3) is 5.56 Å². The number of nitrogens with zero attached hydrogens (tertiary/aromatic N) is 4. The second kappa shape index (κ2) is 9.22. The van der Waals surface area contributed by atoms with Gasteiger partial charge in [0.2, 0.25) is 5.91 Å². The summed E-state index contributed by atoms with van der Waals surface area (Å²) in [7, 11) is 1.64. The maximum Gasteiger partial charge on any atom is 0.267 e. The number of hydrogen-bond donors (Lipinski definition) is 0. The molecule has 2 aromatic carbocycles. The molecule has 0 N–H and O–H groups in total. The van der Waals surface area contributed by atoms with Crippen molar-refractivity contribution in [2.75, 3.05) is 38.2 Å². The molecule has 1 aromatic heterocycles. The molecule has 1 aliphatic rings. The van der Waals surface area contributed by atoms with E-state index in [2.05, 4.69) is 10.00 Å².